The van der Waals surface area contributed by atoms with E-state index in [0.29, 0.717) is 5.15 Å². The zero-order valence-electron chi connectivity index (χ0n) is 6.79. The zero-order valence-corrected chi connectivity index (χ0v) is 7.54. The van der Waals surface area contributed by atoms with Crippen molar-refractivity contribution in [1.82, 2.24) is 9.38 Å². The molecule has 0 fully saturated rings. The molecule has 0 saturated heterocycles. The Morgan fingerprint density at radius 3 is 3.00 bits per heavy atom. The molecule has 3 heteroatoms. The van der Waals surface area contributed by atoms with Crippen LogP contribution in [0.1, 0.15) is 12.6 Å². The molecule has 0 aliphatic carbocycles. The van der Waals surface area contributed by atoms with E-state index in [-0.39, 0.29) is 0 Å². The third-order valence-corrected chi connectivity index (χ3v) is 2.16. The van der Waals surface area contributed by atoms with Crippen LogP contribution in [0.5, 0.6) is 0 Å². The van der Waals surface area contributed by atoms with E-state index in [1.165, 1.54) is 0 Å². The summed E-state index contributed by atoms with van der Waals surface area (Å²) in [6, 6.07) is 5.71. The van der Waals surface area contributed by atoms with Crippen molar-refractivity contribution in [3.63, 3.8) is 0 Å². The molecule has 0 radical (unpaired) electrons. The normalized spacial score (nSPS) is 10.8. The highest BCUT2D eigenvalue weighted by molar-refractivity contribution is 6.29. The Kier molecular flexibility index (Phi) is 1.77. The van der Waals surface area contributed by atoms with Crippen LogP contribution in [-0.2, 0) is 6.42 Å². The topological polar surface area (TPSA) is 17.3 Å². The molecule has 2 rings (SSSR count). The lowest BCUT2D eigenvalue weighted by Crippen LogP contribution is -1.82. The number of hydrogen-bond acceptors (Lipinski definition) is 1. The lowest BCUT2D eigenvalue weighted by Gasteiger charge is -1.93. The fourth-order valence-electron chi connectivity index (χ4n) is 1.20. The SMILES string of the molecule is CCc1cn2c(Cl)cccc2n1. The van der Waals surface area contributed by atoms with E-state index in [0.717, 1.165) is 17.8 Å². The first kappa shape index (κ1) is 7.62. The average molecular weight is 181 g/mol. The van der Waals surface area contributed by atoms with Gasteiger partial charge < -0.3 is 0 Å². The molecule has 0 aromatic carbocycles. The smallest absolute Gasteiger partial charge is 0.138 e. The summed E-state index contributed by atoms with van der Waals surface area (Å²) in [5.41, 5.74) is 1.99. The summed E-state index contributed by atoms with van der Waals surface area (Å²) in [7, 11) is 0. The Labute approximate surface area is 75.8 Å². The van der Waals surface area contributed by atoms with Gasteiger partial charge in [0.25, 0.3) is 0 Å². The molecule has 0 N–H and O–H groups in total. The number of imidazole rings is 1. The molecular formula is C9H9ClN2. The molecule has 0 amide bonds. The van der Waals surface area contributed by atoms with Gasteiger partial charge in [0.1, 0.15) is 10.8 Å². The molecule has 0 bridgehead atoms. The van der Waals surface area contributed by atoms with Gasteiger partial charge in [0, 0.05) is 6.20 Å². The van der Waals surface area contributed by atoms with Gasteiger partial charge in [-0.05, 0) is 18.6 Å². The summed E-state index contributed by atoms with van der Waals surface area (Å²) in [5, 5.41) is 0.708. The van der Waals surface area contributed by atoms with Gasteiger partial charge in [0.05, 0.1) is 5.69 Å². The van der Waals surface area contributed by atoms with E-state index in [2.05, 4.69) is 11.9 Å². The van der Waals surface area contributed by atoms with Crippen molar-refractivity contribution in [3.05, 3.63) is 35.2 Å². The zero-order chi connectivity index (χ0) is 8.55. The number of hydrogen-bond donors (Lipinski definition) is 0. The van der Waals surface area contributed by atoms with Gasteiger partial charge in [-0.2, -0.15) is 0 Å². The number of nitrogens with zero attached hydrogens (tertiary/aromatic N) is 2. The average Bonchev–Trinajstić information content (AvgIpc) is 2.49. The van der Waals surface area contributed by atoms with Crippen molar-refractivity contribution >= 4 is 17.2 Å². The monoisotopic (exact) mass is 180 g/mol. The van der Waals surface area contributed by atoms with Crippen LogP contribution in [0, 0.1) is 0 Å². The van der Waals surface area contributed by atoms with Gasteiger partial charge in [0.15, 0.2) is 0 Å². The maximum absolute atomic E-state index is 5.95. The van der Waals surface area contributed by atoms with E-state index in [1.807, 2.05) is 28.8 Å². The first-order valence-electron chi connectivity index (χ1n) is 3.93. The minimum absolute atomic E-state index is 0.708. The number of fused-ring (bicyclic) bond motifs is 1. The van der Waals surface area contributed by atoms with Crippen LogP contribution in [0.15, 0.2) is 24.4 Å². The van der Waals surface area contributed by atoms with Gasteiger partial charge >= 0.3 is 0 Å². The fraction of sp³-hybridized carbons (Fsp3) is 0.222. The molecule has 0 spiro atoms. The van der Waals surface area contributed by atoms with Crippen molar-refractivity contribution in [2.24, 2.45) is 0 Å². The van der Waals surface area contributed by atoms with Gasteiger partial charge in [-0.3, -0.25) is 4.40 Å². The standard InChI is InChI=1S/C9H9ClN2/c1-2-7-6-12-8(10)4-3-5-9(12)11-7/h3-6H,2H2,1H3. The van der Waals surface area contributed by atoms with E-state index < -0.39 is 0 Å². The molecule has 2 aromatic rings. The largest absolute Gasteiger partial charge is 0.290 e. The number of rotatable bonds is 1. The van der Waals surface area contributed by atoms with Crippen LogP contribution in [-0.4, -0.2) is 9.38 Å². The number of halogens is 1. The molecule has 0 unspecified atom stereocenters. The third-order valence-electron chi connectivity index (χ3n) is 1.85. The van der Waals surface area contributed by atoms with Gasteiger partial charge in [-0.15, -0.1) is 0 Å². The van der Waals surface area contributed by atoms with Crippen molar-refractivity contribution in [3.8, 4) is 0 Å². The summed E-state index contributed by atoms with van der Waals surface area (Å²) in [6.07, 6.45) is 2.91. The van der Waals surface area contributed by atoms with E-state index in [9.17, 15) is 0 Å². The van der Waals surface area contributed by atoms with Crippen LogP contribution in [0.2, 0.25) is 5.15 Å². The maximum Gasteiger partial charge on any atom is 0.138 e. The maximum atomic E-state index is 5.95. The quantitative estimate of drug-likeness (QED) is 0.617. The van der Waals surface area contributed by atoms with Gasteiger partial charge in [-0.1, -0.05) is 24.6 Å². The van der Waals surface area contributed by atoms with Crippen molar-refractivity contribution in [2.75, 3.05) is 0 Å². The van der Waals surface area contributed by atoms with Crippen molar-refractivity contribution < 1.29 is 0 Å². The second-order valence-electron chi connectivity index (χ2n) is 2.66. The predicted octanol–water partition coefficient (Wildman–Crippen LogP) is 2.55. The van der Waals surface area contributed by atoms with Crippen molar-refractivity contribution in [2.45, 2.75) is 13.3 Å². The van der Waals surface area contributed by atoms with Crippen molar-refractivity contribution in [1.29, 1.82) is 0 Å². The van der Waals surface area contributed by atoms with E-state index in [1.54, 1.807) is 0 Å². The molecule has 12 heavy (non-hydrogen) atoms. The second kappa shape index (κ2) is 2.79. The summed E-state index contributed by atoms with van der Waals surface area (Å²) < 4.78 is 1.89. The molecule has 2 heterocycles. The predicted molar refractivity (Wildman–Crippen MR) is 49.6 cm³/mol. The molecule has 2 aromatic heterocycles. The van der Waals surface area contributed by atoms with Crippen LogP contribution < -0.4 is 0 Å². The van der Waals surface area contributed by atoms with Crippen LogP contribution >= 0.6 is 11.6 Å². The van der Waals surface area contributed by atoms with Gasteiger partial charge in [-0.25, -0.2) is 4.98 Å². The summed E-state index contributed by atoms with van der Waals surface area (Å²) in [4.78, 5) is 4.37. The van der Waals surface area contributed by atoms with Crippen LogP contribution in [0.4, 0.5) is 0 Å². The minimum atomic E-state index is 0.708. The molecule has 0 atom stereocenters. The second-order valence-corrected chi connectivity index (χ2v) is 3.05. The summed E-state index contributed by atoms with van der Waals surface area (Å²) in [5.74, 6) is 0. The molecule has 62 valence electrons. The highest BCUT2D eigenvalue weighted by Gasteiger charge is 2.00. The molecule has 0 saturated carbocycles. The number of aryl methyl sites for hydroxylation is 1. The molecule has 0 aliphatic heterocycles. The Balaban J connectivity index is 2.74. The minimum Gasteiger partial charge on any atom is -0.290 e. The number of pyridine rings is 1. The molecule has 0 aliphatic rings. The number of aromatic nitrogens is 2. The first-order valence-corrected chi connectivity index (χ1v) is 4.31. The van der Waals surface area contributed by atoms with E-state index in [4.69, 9.17) is 11.6 Å². The van der Waals surface area contributed by atoms with Crippen LogP contribution in [0.25, 0.3) is 5.65 Å². The fourth-order valence-corrected chi connectivity index (χ4v) is 1.41. The highest BCUT2D eigenvalue weighted by atomic mass is 35.5. The van der Waals surface area contributed by atoms with Crippen LogP contribution in [0.3, 0.4) is 0 Å². The Morgan fingerprint density at radius 2 is 2.33 bits per heavy atom. The Bertz CT molecular complexity index is 406. The Hall–Kier alpha value is -1.02. The first-order chi connectivity index (χ1) is 5.81. The van der Waals surface area contributed by atoms with Gasteiger partial charge in [0.2, 0.25) is 0 Å². The Morgan fingerprint density at radius 1 is 1.50 bits per heavy atom. The lowest BCUT2D eigenvalue weighted by atomic mass is 10.4. The highest BCUT2D eigenvalue weighted by Crippen LogP contribution is 2.13. The third kappa shape index (κ3) is 1.08. The summed E-state index contributed by atoms with van der Waals surface area (Å²) >= 11 is 5.95. The molecule has 2 nitrogen and oxygen atoms in total. The lowest BCUT2D eigenvalue weighted by molar-refractivity contribution is 1.07. The summed E-state index contributed by atoms with van der Waals surface area (Å²) in [6.45, 7) is 2.08. The molecular weight excluding hydrogens is 172 g/mol. The van der Waals surface area contributed by atoms with E-state index >= 15 is 0 Å².